The van der Waals surface area contributed by atoms with Crippen LogP contribution in [0.5, 0.6) is 0 Å². The van der Waals surface area contributed by atoms with Crippen molar-refractivity contribution in [1.29, 1.82) is 0 Å². The van der Waals surface area contributed by atoms with E-state index in [0.29, 0.717) is 22.8 Å². The largest absolute Gasteiger partial charge is 0.398 e. The summed E-state index contributed by atoms with van der Waals surface area (Å²) in [7, 11) is 1.72. The van der Waals surface area contributed by atoms with Gasteiger partial charge in [0.2, 0.25) is 0 Å². The highest BCUT2D eigenvalue weighted by Gasteiger charge is 2.15. The normalized spacial score (nSPS) is 10.3. The fraction of sp³-hybridized carbons (Fsp3) is 0.167. The van der Waals surface area contributed by atoms with Gasteiger partial charge in [-0.15, -0.1) is 11.3 Å². The molecule has 0 bridgehead atoms. The maximum Gasteiger partial charge on any atom is 0.256 e. The van der Waals surface area contributed by atoms with Gasteiger partial charge in [0.25, 0.3) is 5.91 Å². The highest BCUT2D eigenvalue weighted by Crippen LogP contribution is 2.19. The van der Waals surface area contributed by atoms with Crippen molar-refractivity contribution >= 4 is 34.5 Å². The number of carbonyl (C=O) groups excluding carboxylic acids is 1. The fourth-order valence-corrected chi connectivity index (χ4v) is 2.29. The van der Waals surface area contributed by atoms with Crippen molar-refractivity contribution < 1.29 is 4.79 Å². The van der Waals surface area contributed by atoms with Gasteiger partial charge in [-0.1, -0.05) is 11.6 Å². The van der Waals surface area contributed by atoms with E-state index in [-0.39, 0.29) is 5.91 Å². The molecule has 94 valence electrons. The molecule has 0 aliphatic rings. The summed E-state index contributed by atoms with van der Waals surface area (Å²) in [6.07, 6.45) is 0. The van der Waals surface area contributed by atoms with Crippen molar-refractivity contribution in [3.8, 4) is 0 Å². The number of hydrogen-bond donors (Lipinski definition) is 1. The van der Waals surface area contributed by atoms with Gasteiger partial charge in [-0.2, -0.15) is 0 Å². The Balaban J connectivity index is 2.15. The molecule has 1 heterocycles. The quantitative estimate of drug-likeness (QED) is 0.880. The minimum atomic E-state index is -0.142. The van der Waals surface area contributed by atoms with Gasteiger partial charge in [-0.25, -0.2) is 4.98 Å². The van der Waals surface area contributed by atoms with E-state index in [1.807, 2.05) is 5.38 Å². The molecule has 0 saturated carbocycles. The summed E-state index contributed by atoms with van der Waals surface area (Å²) in [5.74, 6) is -0.142. The minimum absolute atomic E-state index is 0.142. The van der Waals surface area contributed by atoms with Crippen molar-refractivity contribution in [1.82, 2.24) is 9.88 Å². The zero-order chi connectivity index (χ0) is 13.1. The van der Waals surface area contributed by atoms with Crippen LogP contribution in [0.15, 0.2) is 29.1 Å². The van der Waals surface area contributed by atoms with Crippen LogP contribution in [0.1, 0.15) is 16.1 Å². The molecule has 0 atom stereocenters. The summed E-state index contributed by atoms with van der Waals surface area (Å²) in [5, 5.41) is 2.43. The van der Waals surface area contributed by atoms with Crippen molar-refractivity contribution in [2.75, 3.05) is 12.8 Å². The van der Waals surface area contributed by atoms with Gasteiger partial charge in [0.1, 0.15) is 0 Å². The van der Waals surface area contributed by atoms with Crippen molar-refractivity contribution in [3.63, 3.8) is 0 Å². The minimum Gasteiger partial charge on any atom is -0.398 e. The van der Waals surface area contributed by atoms with Crippen LogP contribution in [0, 0.1) is 0 Å². The molecule has 18 heavy (non-hydrogen) atoms. The molecular weight excluding hydrogens is 270 g/mol. The average molecular weight is 282 g/mol. The molecule has 4 nitrogen and oxygen atoms in total. The van der Waals surface area contributed by atoms with E-state index in [4.69, 9.17) is 17.3 Å². The van der Waals surface area contributed by atoms with E-state index in [9.17, 15) is 4.79 Å². The first kappa shape index (κ1) is 12.9. The molecule has 0 fully saturated rings. The molecule has 0 spiro atoms. The number of rotatable bonds is 3. The highest BCUT2D eigenvalue weighted by molar-refractivity contribution is 7.07. The van der Waals surface area contributed by atoms with E-state index in [0.717, 1.165) is 5.69 Å². The molecule has 0 radical (unpaired) electrons. The van der Waals surface area contributed by atoms with E-state index in [1.165, 1.54) is 11.3 Å². The third-order valence-corrected chi connectivity index (χ3v) is 3.34. The summed E-state index contributed by atoms with van der Waals surface area (Å²) in [4.78, 5) is 17.9. The van der Waals surface area contributed by atoms with Gasteiger partial charge in [0.15, 0.2) is 0 Å². The summed E-state index contributed by atoms with van der Waals surface area (Å²) < 4.78 is 0. The average Bonchev–Trinajstić information content (AvgIpc) is 2.81. The molecule has 6 heteroatoms. The second-order valence-electron chi connectivity index (χ2n) is 3.87. The zero-order valence-electron chi connectivity index (χ0n) is 9.76. The molecule has 0 aliphatic heterocycles. The number of nitrogen functional groups attached to an aromatic ring is 1. The molecular formula is C12H12ClN3OS. The topological polar surface area (TPSA) is 59.2 Å². The first-order chi connectivity index (χ1) is 8.58. The van der Waals surface area contributed by atoms with Crippen LogP contribution in [0.25, 0.3) is 0 Å². The van der Waals surface area contributed by atoms with Gasteiger partial charge in [0, 0.05) is 23.1 Å². The molecule has 0 aliphatic carbocycles. The Morgan fingerprint density at radius 3 is 2.94 bits per heavy atom. The predicted molar refractivity (Wildman–Crippen MR) is 73.8 cm³/mol. The van der Waals surface area contributed by atoms with E-state index in [1.54, 1.807) is 35.7 Å². The first-order valence-corrected chi connectivity index (χ1v) is 6.57. The molecule has 0 saturated heterocycles. The Morgan fingerprint density at radius 1 is 1.56 bits per heavy atom. The number of halogens is 1. The molecule has 2 aromatic rings. The maximum absolute atomic E-state index is 12.2. The van der Waals surface area contributed by atoms with Gasteiger partial charge in [0.05, 0.1) is 23.3 Å². The number of aromatic nitrogens is 1. The van der Waals surface area contributed by atoms with Crippen molar-refractivity contribution in [3.05, 3.63) is 45.4 Å². The third-order valence-electron chi connectivity index (χ3n) is 2.47. The lowest BCUT2D eigenvalue weighted by Crippen LogP contribution is -2.27. The SMILES string of the molecule is CN(Cc1cscn1)C(=O)c1ccc(Cl)cc1N. The highest BCUT2D eigenvalue weighted by atomic mass is 35.5. The lowest BCUT2D eigenvalue weighted by Gasteiger charge is -2.17. The molecule has 1 aromatic carbocycles. The van der Waals surface area contributed by atoms with Crippen LogP contribution in [0.4, 0.5) is 5.69 Å². The Morgan fingerprint density at radius 2 is 2.33 bits per heavy atom. The predicted octanol–water partition coefficient (Wildman–Crippen LogP) is 2.65. The summed E-state index contributed by atoms with van der Waals surface area (Å²) in [5.41, 5.74) is 9.23. The molecule has 2 rings (SSSR count). The van der Waals surface area contributed by atoms with E-state index < -0.39 is 0 Å². The van der Waals surface area contributed by atoms with E-state index >= 15 is 0 Å². The number of nitrogens with two attached hydrogens (primary N) is 1. The van der Waals surface area contributed by atoms with Crippen LogP contribution in [-0.2, 0) is 6.54 Å². The Hall–Kier alpha value is -1.59. The second-order valence-corrected chi connectivity index (χ2v) is 5.03. The zero-order valence-corrected chi connectivity index (χ0v) is 11.3. The number of nitrogens with zero attached hydrogens (tertiary/aromatic N) is 2. The summed E-state index contributed by atoms with van der Waals surface area (Å²) >= 11 is 7.31. The molecule has 0 unspecified atom stereocenters. The third kappa shape index (κ3) is 2.80. The van der Waals surface area contributed by atoms with Crippen LogP contribution >= 0.6 is 22.9 Å². The lowest BCUT2D eigenvalue weighted by atomic mass is 10.1. The summed E-state index contributed by atoms with van der Waals surface area (Å²) in [6, 6.07) is 4.87. The number of amides is 1. The molecule has 1 aromatic heterocycles. The van der Waals surface area contributed by atoms with Gasteiger partial charge in [-0.3, -0.25) is 4.79 Å². The second kappa shape index (κ2) is 5.37. The van der Waals surface area contributed by atoms with Crippen LogP contribution in [0.3, 0.4) is 0 Å². The molecule has 2 N–H and O–H groups in total. The van der Waals surface area contributed by atoms with Crippen LogP contribution in [0.2, 0.25) is 5.02 Å². The molecule has 1 amide bonds. The number of anilines is 1. The van der Waals surface area contributed by atoms with Gasteiger partial charge < -0.3 is 10.6 Å². The van der Waals surface area contributed by atoms with Gasteiger partial charge in [-0.05, 0) is 18.2 Å². The monoisotopic (exact) mass is 281 g/mol. The Kier molecular flexibility index (Phi) is 3.84. The van der Waals surface area contributed by atoms with Gasteiger partial charge >= 0.3 is 0 Å². The fourth-order valence-electron chi connectivity index (χ4n) is 1.56. The van der Waals surface area contributed by atoms with E-state index in [2.05, 4.69) is 4.98 Å². The summed E-state index contributed by atoms with van der Waals surface area (Å²) in [6.45, 7) is 0.463. The maximum atomic E-state index is 12.2. The Bertz CT molecular complexity index is 556. The Labute approximate surface area is 114 Å². The standard InChI is InChI=1S/C12H12ClN3OS/c1-16(5-9-6-18-7-15-9)12(17)10-3-2-8(13)4-11(10)14/h2-4,6-7H,5,14H2,1H3. The van der Waals surface area contributed by atoms with Crippen LogP contribution < -0.4 is 5.73 Å². The number of carbonyl (C=O) groups is 1. The smallest absolute Gasteiger partial charge is 0.256 e. The number of thiazole rings is 1. The van der Waals surface area contributed by atoms with Crippen molar-refractivity contribution in [2.45, 2.75) is 6.54 Å². The number of benzene rings is 1. The van der Waals surface area contributed by atoms with Crippen molar-refractivity contribution in [2.24, 2.45) is 0 Å². The van der Waals surface area contributed by atoms with Crippen LogP contribution in [-0.4, -0.2) is 22.8 Å². The first-order valence-electron chi connectivity index (χ1n) is 5.25. The number of hydrogen-bond acceptors (Lipinski definition) is 4. The lowest BCUT2D eigenvalue weighted by molar-refractivity contribution is 0.0784.